The number of nitrogens with zero attached hydrogens (tertiary/aromatic N) is 2. The average Bonchev–Trinajstić information content (AvgIpc) is 2.84. The van der Waals surface area contributed by atoms with E-state index in [1.165, 1.54) is 44.2 Å². The van der Waals surface area contributed by atoms with Gasteiger partial charge in [-0.3, -0.25) is 9.88 Å². The lowest BCUT2D eigenvalue weighted by Crippen LogP contribution is -2.17. The SMILES string of the molecule is CCCCCCl.CN1CCCC1c1cccnc1. The Kier molecular flexibility index (Phi) is 8.03. The van der Waals surface area contributed by atoms with Gasteiger partial charge in [0.25, 0.3) is 0 Å². The Labute approximate surface area is 116 Å². The van der Waals surface area contributed by atoms with Crippen molar-refractivity contribution < 1.29 is 0 Å². The summed E-state index contributed by atoms with van der Waals surface area (Å²) in [5, 5.41) is 0. The van der Waals surface area contributed by atoms with Gasteiger partial charge >= 0.3 is 0 Å². The van der Waals surface area contributed by atoms with E-state index in [9.17, 15) is 0 Å². The van der Waals surface area contributed by atoms with E-state index in [2.05, 4.69) is 29.9 Å². The van der Waals surface area contributed by atoms with Gasteiger partial charge in [0.05, 0.1) is 0 Å². The van der Waals surface area contributed by atoms with Crippen molar-refractivity contribution >= 4 is 11.6 Å². The molecule has 1 unspecified atom stereocenters. The molecule has 0 amide bonds. The Bertz CT molecular complexity index is 299. The van der Waals surface area contributed by atoms with Crippen LogP contribution in [0.15, 0.2) is 24.5 Å². The molecular weight excluding hydrogens is 244 g/mol. The highest BCUT2D eigenvalue weighted by Crippen LogP contribution is 2.29. The molecule has 0 spiro atoms. The van der Waals surface area contributed by atoms with E-state index in [4.69, 9.17) is 11.6 Å². The molecule has 0 bridgehead atoms. The fourth-order valence-electron chi connectivity index (χ4n) is 2.25. The van der Waals surface area contributed by atoms with Crippen LogP contribution in [0, 0.1) is 0 Å². The Hall–Kier alpha value is -0.600. The first-order valence-electron chi connectivity index (χ1n) is 6.95. The molecule has 3 heteroatoms. The first kappa shape index (κ1) is 15.5. The van der Waals surface area contributed by atoms with E-state index in [1.54, 1.807) is 0 Å². The number of alkyl halides is 1. The van der Waals surface area contributed by atoms with E-state index >= 15 is 0 Å². The standard InChI is InChI=1S/C10H14N2.C5H11Cl/c1-12-7-3-5-10(12)9-4-2-6-11-8-9;1-2-3-4-5-6/h2,4,6,8,10H,3,5,7H2,1H3;2-5H2,1H3. The van der Waals surface area contributed by atoms with Crippen LogP contribution in [0.2, 0.25) is 0 Å². The summed E-state index contributed by atoms with van der Waals surface area (Å²) >= 11 is 5.38. The van der Waals surface area contributed by atoms with Gasteiger partial charge in [0.2, 0.25) is 0 Å². The number of halogens is 1. The second-order valence-corrected chi connectivity index (χ2v) is 5.20. The topological polar surface area (TPSA) is 16.1 Å². The monoisotopic (exact) mass is 268 g/mol. The highest BCUT2D eigenvalue weighted by atomic mass is 35.5. The second-order valence-electron chi connectivity index (χ2n) is 4.82. The van der Waals surface area contributed by atoms with Crippen molar-refractivity contribution in [1.29, 1.82) is 0 Å². The fourth-order valence-corrected chi connectivity index (χ4v) is 2.44. The van der Waals surface area contributed by atoms with Crippen molar-refractivity contribution in [3.8, 4) is 0 Å². The van der Waals surface area contributed by atoms with Crippen LogP contribution in [0.25, 0.3) is 0 Å². The van der Waals surface area contributed by atoms with E-state index in [1.807, 2.05) is 18.5 Å². The third-order valence-electron chi connectivity index (χ3n) is 3.33. The molecule has 18 heavy (non-hydrogen) atoms. The second kappa shape index (κ2) is 9.35. The van der Waals surface area contributed by atoms with Crippen molar-refractivity contribution in [1.82, 2.24) is 9.88 Å². The van der Waals surface area contributed by atoms with Gasteiger partial charge in [-0.1, -0.05) is 25.8 Å². The molecule has 0 radical (unpaired) electrons. The predicted molar refractivity (Wildman–Crippen MR) is 79.1 cm³/mol. The zero-order valence-corrected chi connectivity index (χ0v) is 12.4. The zero-order valence-electron chi connectivity index (χ0n) is 11.6. The van der Waals surface area contributed by atoms with Crippen LogP contribution in [0.1, 0.15) is 50.6 Å². The van der Waals surface area contributed by atoms with Gasteiger partial charge in [0, 0.05) is 24.3 Å². The van der Waals surface area contributed by atoms with Crippen LogP contribution in [-0.4, -0.2) is 29.4 Å². The van der Waals surface area contributed by atoms with Crippen LogP contribution >= 0.6 is 11.6 Å². The van der Waals surface area contributed by atoms with Gasteiger partial charge in [0.1, 0.15) is 0 Å². The molecule has 1 aromatic rings. The lowest BCUT2D eigenvalue weighted by molar-refractivity contribution is 0.317. The number of unbranched alkanes of at least 4 members (excludes halogenated alkanes) is 2. The Morgan fingerprint density at radius 1 is 1.44 bits per heavy atom. The zero-order chi connectivity index (χ0) is 13.2. The molecule has 1 fully saturated rings. The number of hydrogen-bond acceptors (Lipinski definition) is 2. The van der Waals surface area contributed by atoms with Gasteiger partial charge in [-0.2, -0.15) is 0 Å². The number of rotatable bonds is 4. The molecule has 0 N–H and O–H groups in total. The summed E-state index contributed by atoms with van der Waals surface area (Å²) in [5.41, 5.74) is 1.36. The summed E-state index contributed by atoms with van der Waals surface area (Å²) in [6.07, 6.45) is 10.1. The van der Waals surface area contributed by atoms with Crippen LogP contribution in [0.3, 0.4) is 0 Å². The molecular formula is C15H25ClN2. The maximum absolute atomic E-state index is 5.38. The fraction of sp³-hybridized carbons (Fsp3) is 0.667. The highest BCUT2D eigenvalue weighted by molar-refractivity contribution is 6.17. The van der Waals surface area contributed by atoms with E-state index in [0.29, 0.717) is 6.04 Å². The van der Waals surface area contributed by atoms with Crippen LogP contribution in [-0.2, 0) is 0 Å². The summed E-state index contributed by atoms with van der Waals surface area (Å²) in [6.45, 7) is 3.39. The summed E-state index contributed by atoms with van der Waals surface area (Å²) < 4.78 is 0. The minimum absolute atomic E-state index is 0.610. The van der Waals surface area contributed by atoms with E-state index in [-0.39, 0.29) is 0 Å². The predicted octanol–water partition coefficient (Wildman–Crippen LogP) is 4.26. The summed E-state index contributed by atoms with van der Waals surface area (Å²) in [7, 11) is 2.19. The molecule has 1 saturated heterocycles. The molecule has 1 aliphatic rings. The van der Waals surface area contributed by atoms with Crippen molar-refractivity contribution in [2.75, 3.05) is 19.5 Å². The smallest absolute Gasteiger partial charge is 0.0360 e. The van der Waals surface area contributed by atoms with Crippen molar-refractivity contribution in [2.24, 2.45) is 0 Å². The summed E-state index contributed by atoms with van der Waals surface area (Å²) in [4.78, 5) is 6.54. The number of pyridine rings is 1. The van der Waals surface area contributed by atoms with Crippen molar-refractivity contribution in [3.05, 3.63) is 30.1 Å². The largest absolute Gasteiger partial charge is 0.299 e. The molecule has 0 aliphatic carbocycles. The van der Waals surface area contributed by atoms with Crippen LogP contribution in [0.5, 0.6) is 0 Å². The van der Waals surface area contributed by atoms with Gasteiger partial charge in [0.15, 0.2) is 0 Å². The molecule has 2 heterocycles. The molecule has 102 valence electrons. The van der Waals surface area contributed by atoms with Crippen LogP contribution < -0.4 is 0 Å². The summed E-state index contributed by atoms with van der Waals surface area (Å²) in [5.74, 6) is 0.827. The van der Waals surface area contributed by atoms with Gasteiger partial charge in [-0.05, 0) is 44.5 Å². The third kappa shape index (κ3) is 5.36. The van der Waals surface area contributed by atoms with Gasteiger partial charge in [-0.15, -0.1) is 11.6 Å². The Morgan fingerprint density at radius 3 is 2.72 bits per heavy atom. The molecule has 2 rings (SSSR count). The van der Waals surface area contributed by atoms with E-state index in [0.717, 1.165) is 5.88 Å². The Morgan fingerprint density at radius 2 is 2.28 bits per heavy atom. The number of aromatic nitrogens is 1. The minimum Gasteiger partial charge on any atom is -0.299 e. The van der Waals surface area contributed by atoms with Gasteiger partial charge < -0.3 is 0 Å². The lowest BCUT2D eigenvalue weighted by Gasteiger charge is -2.18. The van der Waals surface area contributed by atoms with Gasteiger partial charge in [-0.25, -0.2) is 0 Å². The average molecular weight is 269 g/mol. The van der Waals surface area contributed by atoms with Crippen molar-refractivity contribution in [2.45, 2.75) is 45.1 Å². The highest BCUT2D eigenvalue weighted by Gasteiger charge is 2.21. The normalized spacial score (nSPS) is 19.4. The van der Waals surface area contributed by atoms with E-state index < -0.39 is 0 Å². The molecule has 0 aromatic carbocycles. The quantitative estimate of drug-likeness (QED) is 0.599. The number of hydrogen-bond donors (Lipinski definition) is 0. The molecule has 1 aliphatic heterocycles. The Balaban J connectivity index is 0.000000232. The van der Waals surface area contributed by atoms with Crippen molar-refractivity contribution in [3.63, 3.8) is 0 Å². The molecule has 1 atom stereocenters. The summed E-state index contributed by atoms with van der Waals surface area (Å²) in [6, 6.07) is 4.79. The minimum atomic E-state index is 0.610. The first-order chi connectivity index (χ1) is 8.79. The third-order valence-corrected chi connectivity index (χ3v) is 3.59. The first-order valence-corrected chi connectivity index (χ1v) is 7.49. The molecule has 1 aromatic heterocycles. The maximum atomic E-state index is 5.38. The number of likely N-dealkylation sites (tertiary alicyclic amines) is 1. The maximum Gasteiger partial charge on any atom is 0.0360 e. The van der Waals surface area contributed by atoms with Crippen LogP contribution in [0.4, 0.5) is 0 Å². The molecule has 0 saturated carbocycles. The lowest BCUT2D eigenvalue weighted by atomic mass is 10.1. The molecule has 2 nitrogen and oxygen atoms in total.